The third kappa shape index (κ3) is 3.77. The smallest absolute Gasteiger partial charge is 0.252 e. The second kappa shape index (κ2) is 6.80. The molecule has 2 rings (SSSR count). The van der Waals surface area contributed by atoms with Gasteiger partial charge in [0.25, 0.3) is 5.91 Å². The standard InChI is InChI=1S/C15H18Br2ClNO/c1-10-3-2-6-15(8-10,9-16)19-14(20)12-7-11(18)4-5-13(12)17/h4-5,7,10H,2-3,6,8-9H2,1H3,(H,19,20). The van der Waals surface area contributed by atoms with Gasteiger partial charge in [0.1, 0.15) is 0 Å². The highest BCUT2D eigenvalue weighted by molar-refractivity contribution is 9.10. The number of nitrogens with one attached hydrogen (secondary N) is 1. The van der Waals surface area contributed by atoms with E-state index in [4.69, 9.17) is 11.6 Å². The van der Waals surface area contributed by atoms with Crippen LogP contribution in [0.2, 0.25) is 5.02 Å². The average Bonchev–Trinajstić information content (AvgIpc) is 2.41. The molecular formula is C15H18Br2ClNO. The molecule has 0 heterocycles. The normalized spacial score (nSPS) is 26.3. The number of amides is 1. The lowest BCUT2D eigenvalue weighted by Gasteiger charge is -2.39. The molecule has 5 heteroatoms. The quantitative estimate of drug-likeness (QED) is 0.667. The van der Waals surface area contributed by atoms with Gasteiger partial charge in [-0.3, -0.25) is 4.79 Å². The van der Waals surface area contributed by atoms with Gasteiger partial charge in [0, 0.05) is 14.8 Å². The van der Waals surface area contributed by atoms with Crippen LogP contribution >= 0.6 is 43.5 Å². The van der Waals surface area contributed by atoms with E-state index in [2.05, 4.69) is 44.1 Å². The van der Waals surface area contributed by atoms with E-state index in [0.717, 1.165) is 29.1 Å². The highest BCUT2D eigenvalue weighted by Crippen LogP contribution is 2.34. The zero-order valence-electron chi connectivity index (χ0n) is 11.4. The lowest BCUT2D eigenvalue weighted by Crippen LogP contribution is -2.52. The fraction of sp³-hybridized carbons (Fsp3) is 0.533. The molecule has 0 aromatic heterocycles. The molecule has 1 aromatic carbocycles. The van der Waals surface area contributed by atoms with E-state index in [-0.39, 0.29) is 11.4 Å². The molecule has 2 nitrogen and oxygen atoms in total. The lowest BCUT2D eigenvalue weighted by atomic mass is 9.77. The Morgan fingerprint density at radius 2 is 2.30 bits per heavy atom. The summed E-state index contributed by atoms with van der Waals surface area (Å²) in [5.41, 5.74) is 0.451. The van der Waals surface area contributed by atoms with Crippen LogP contribution in [0.15, 0.2) is 22.7 Å². The summed E-state index contributed by atoms with van der Waals surface area (Å²) in [7, 11) is 0. The summed E-state index contributed by atoms with van der Waals surface area (Å²) in [6, 6.07) is 5.28. The summed E-state index contributed by atoms with van der Waals surface area (Å²) in [6.07, 6.45) is 4.43. The Kier molecular flexibility index (Phi) is 5.55. The van der Waals surface area contributed by atoms with Crippen LogP contribution in [0.1, 0.15) is 43.0 Å². The fourth-order valence-electron chi connectivity index (χ4n) is 2.91. The first-order valence-corrected chi connectivity index (χ1v) is 9.08. The molecular weight excluding hydrogens is 405 g/mol. The molecule has 0 spiro atoms. The Labute approximate surface area is 141 Å². The maximum Gasteiger partial charge on any atom is 0.252 e. The SMILES string of the molecule is CC1CCCC(CBr)(NC(=O)c2cc(Cl)ccc2Br)C1. The Balaban J connectivity index is 2.19. The van der Waals surface area contributed by atoms with Crippen molar-refractivity contribution in [3.63, 3.8) is 0 Å². The summed E-state index contributed by atoms with van der Waals surface area (Å²) < 4.78 is 0.771. The van der Waals surface area contributed by atoms with Crippen molar-refractivity contribution in [2.75, 3.05) is 5.33 Å². The molecule has 1 N–H and O–H groups in total. The molecule has 1 fully saturated rings. The van der Waals surface area contributed by atoms with Crippen LogP contribution in [0.4, 0.5) is 0 Å². The number of alkyl halides is 1. The van der Waals surface area contributed by atoms with Crippen LogP contribution in [0.5, 0.6) is 0 Å². The highest BCUT2D eigenvalue weighted by atomic mass is 79.9. The number of hydrogen-bond donors (Lipinski definition) is 1. The Morgan fingerprint density at radius 3 is 2.95 bits per heavy atom. The van der Waals surface area contributed by atoms with Crippen molar-refractivity contribution in [2.45, 2.75) is 38.1 Å². The van der Waals surface area contributed by atoms with Crippen molar-refractivity contribution in [2.24, 2.45) is 5.92 Å². The van der Waals surface area contributed by atoms with Crippen LogP contribution in [-0.4, -0.2) is 16.8 Å². The van der Waals surface area contributed by atoms with E-state index in [0.29, 0.717) is 16.5 Å². The van der Waals surface area contributed by atoms with Gasteiger partial charge in [0.2, 0.25) is 0 Å². The van der Waals surface area contributed by atoms with Gasteiger partial charge in [0.15, 0.2) is 0 Å². The molecule has 0 bridgehead atoms. The van der Waals surface area contributed by atoms with Gasteiger partial charge < -0.3 is 5.32 Å². The molecule has 0 aliphatic heterocycles. The molecule has 2 atom stereocenters. The number of carbonyl (C=O) groups is 1. The highest BCUT2D eigenvalue weighted by Gasteiger charge is 2.35. The van der Waals surface area contributed by atoms with Gasteiger partial charge in [-0.15, -0.1) is 0 Å². The number of carbonyl (C=O) groups excluding carboxylic acids is 1. The minimum absolute atomic E-state index is 0.0621. The van der Waals surface area contributed by atoms with E-state index >= 15 is 0 Å². The predicted octanol–water partition coefficient (Wildman–Crippen LogP) is 5.18. The van der Waals surface area contributed by atoms with E-state index in [9.17, 15) is 4.79 Å². The molecule has 20 heavy (non-hydrogen) atoms. The van der Waals surface area contributed by atoms with Gasteiger partial charge in [-0.25, -0.2) is 0 Å². The first kappa shape index (κ1) is 16.3. The predicted molar refractivity (Wildman–Crippen MR) is 90.8 cm³/mol. The number of rotatable bonds is 3. The third-order valence-corrected chi connectivity index (χ3v) is 5.90. The second-order valence-corrected chi connectivity index (χ2v) is 7.55. The number of benzene rings is 1. The van der Waals surface area contributed by atoms with Crippen molar-refractivity contribution in [3.05, 3.63) is 33.3 Å². The first-order valence-electron chi connectivity index (χ1n) is 6.79. The first-order chi connectivity index (χ1) is 9.46. The third-order valence-electron chi connectivity index (χ3n) is 3.90. The summed E-state index contributed by atoms with van der Waals surface area (Å²) >= 11 is 13.0. The molecule has 1 aliphatic rings. The minimum Gasteiger partial charge on any atom is -0.346 e. The van der Waals surface area contributed by atoms with Crippen molar-refractivity contribution in [3.8, 4) is 0 Å². The van der Waals surface area contributed by atoms with Crippen molar-refractivity contribution >= 4 is 49.4 Å². The fourth-order valence-corrected chi connectivity index (χ4v) is 4.16. The molecule has 1 amide bonds. The van der Waals surface area contributed by atoms with Crippen LogP contribution < -0.4 is 5.32 Å². The lowest BCUT2D eigenvalue weighted by molar-refractivity contribution is 0.0868. The topological polar surface area (TPSA) is 29.1 Å². The summed E-state index contributed by atoms with van der Waals surface area (Å²) in [5.74, 6) is 0.581. The summed E-state index contributed by atoms with van der Waals surface area (Å²) in [4.78, 5) is 12.5. The van der Waals surface area contributed by atoms with Crippen LogP contribution in [0.25, 0.3) is 0 Å². The van der Waals surface area contributed by atoms with E-state index in [1.807, 2.05) is 6.07 Å². The molecule has 0 saturated heterocycles. The van der Waals surface area contributed by atoms with E-state index in [1.165, 1.54) is 6.42 Å². The Hall–Kier alpha value is -0.0600. The molecule has 0 radical (unpaired) electrons. The molecule has 110 valence electrons. The van der Waals surface area contributed by atoms with Crippen molar-refractivity contribution < 1.29 is 4.79 Å². The Bertz CT molecular complexity index is 509. The maximum atomic E-state index is 12.5. The van der Waals surface area contributed by atoms with Crippen molar-refractivity contribution in [1.82, 2.24) is 5.32 Å². The average molecular weight is 424 g/mol. The molecule has 1 aliphatic carbocycles. The van der Waals surface area contributed by atoms with Gasteiger partial charge in [0.05, 0.1) is 11.1 Å². The number of hydrogen-bond acceptors (Lipinski definition) is 1. The summed E-state index contributed by atoms with van der Waals surface area (Å²) in [5, 5.41) is 4.58. The van der Waals surface area contributed by atoms with E-state index in [1.54, 1.807) is 12.1 Å². The summed E-state index contributed by atoms with van der Waals surface area (Å²) in [6.45, 7) is 2.25. The van der Waals surface area contributed by atoms with Gasteiger partial charge in [-0.2, -0.15) is 0 Å². The Morgan fingerprint density at radius 1 is 1.55 bits per heavy atom. The van der Waals surface area contributed by atoms with Crippen LogP contribution in [0.3, 0.4) is 0 Å². The van der Waals surface area contributed by atoms with Crippen LogP contribution in [-0.2, 0) is 0 Å². The van der Waals surface area contributed by atoms with Crippen LogP contribution in [0, 0.1) is 5.92 Å². The largest absolute Gasteiger partial charge is 0.346 e. The minimum atomic E-state index is -0.142. The zero-order valence-corrected chi connectivity index (χ0v) is 15.3. The molecule has 1 saturated carbocycles. The van der Waals surface area contributed by atoms with E-state index < -0.39 is 0 Å². The van der Waals surface area contributed by atoms with Gasteiger partial charge >= 0.3 is 0 Å². The molecule has 1 aromatic rings. The maximum absolute atomic E-state index is 12.5. The van der Waals surface area contributed by atoms with Gasteiger partial charge in [-0.05, 0) is 52.9 Å². The van der Waals surface area contributed by atoms with Crippen molar-refractivity contribution in [1.29, 1.82) is 0 Å². The monoisotopic (exact) mass is 421 g/mol. The number of halogens is 3. The second-order valence-electron chi connectivity index (χ2n) is 5.69. The zero-order chi connectivity index (χ0) is 14.8. The van der Waals surface area contributed by atoms with Gasteiger partial charge in [-0.1, -0.05) is 47.3 Å². The molecule has 2 unspecified atom stereocenters.